The molecule has 234 valence electrons. The quantitative estimate of drug-likeness (QED) is 0.0598. The van der Waals surface area contributed by atoms with Crippen LogP contribution >= 0.6 is 0 Å². The van der Waals surface area contributed by atoms with E-state index in [1.165, 1.54) is 23.8 Å². The minimum Gasteiger partial charge on any atom is -0.458 e. The molecule has 3 saturated carbocycles. The molecule has 1 heterocycles. The molecule has 0 radical (unpaired) electrons. The van der Waals surface area contributed by atoms with Crippen LogP contribution in [0.15, 0.2) is 72.3 Å². The maximum atomic E-state index is 13.8. The predicted octanol–water partition coefficient (Wildman–Crippen LogP) is 7.07. The fraction of sp³-hybridized carbons (Fsp3) is 0.486. The second-order valence-corrected chi connectivity index (χ2v) is 14.2. The van der Waals surface area contributed by atoms with Crippen LogP contribution in [0.2, 0.25) is 0 Å². The number of carbonyl (C=O) groups is 3. The maximum Gasteiger partial charge on any atom is 0.338 e. The van der Waals surface area contributed by atoms with Crippen LogP contribution in [0.4, 0.5) is 5.69 Å². The molecule has 0 amide bonds. The Labute approximate surface area is 263 Å². The van der Waals surface area contributed by atoms with E-state index in [1.807, 2.05) is 18.2 Å². The van der Waals surface area contributed by atoms with E-state index in [1.54, 1.807) is 30.3 Å². The van der Waals surface area contributed by atoms with Crippen molar-refractivity contribution < 1.29 is 28.8 Å². The zero-order valence-corrected chi connectivity index (χ0v) is 25.8. The SMILES string of the molecule is C[C@]12CC[C@H](OC(=O)c3ccccc3)CC1=CC[C@@H]1[C@@H]2CC[C@@]2(C)[C@H]1C[C@H]1O[C@]12C(=O)CC(=O)/C=C/c1ccc([N+](=O)[O-])cc1. The standard InChI is InChI=1S/C37H39NO7/c1-35-18-16-28(44-34(41)24-6-4-3-5-7-24)20-25(35)11-15-29-30(35)17-19-36(2)31(29)22-33-37(36,45-33)32(40)21-27(39)14-10-23-8-12-26(13-9-23)38(42)43/h3-14,28-31,33H,15-22H2,1-2H3/b14-10+/t28-,29+,30-,31-,33+,35-,36-,37+/m0/s1. The summed E-state index contributed by atoms with van der Waals surface area (Å²) in [6.45, 7) is 4.62. The van der Waals surface area contributed by atoms with Gasteiger partial charge in [-0.1, -0.05) is 49.8 Å². The number of benzene rings is 2. The van der Waals surface area contributed by atoms with Gasteiger partial charge in [0.1, 0.15) is 6.10 Å². The first kappa shape index (κ1) is 29.8. The van der Waals surface area contributed by atoms with E-state index in [9.17, 15) is 24.5 Å². The molecule has 2 aromatic rings. The van der Waals surface area contributed by atoms with Crippen molar-refractivity contribution in [2.24, 2.45) is 28.6 Å². The predicted molar refractivity (Wildman–Crippen MR) is 167 cm³/mol. The Bertz CT molecular complexity index is 1610. The summed E-state index contributed by atoms with van der Waals surface area (Å²) in [6.07, 6.45) is 11.3. The van der Waals surface area contributed by atoms with Gasteiger partial charge in [-0.2, -0.15) is 0 Å². The molecule has 7 rings (SSSR count). The average molecular weight is 610 g/mol. The minimum atomic E-state index is -0.881. The monoisotopic (exact) mass is 609 g/mol. The first-order valence-corrected chi connectivity index (χ1v) is 16.2. The number of allylic oxidation sites excluding steroid dienone is 2. The summed E-state index contributed by atoms with van der Waals surface area (Å²) in [5, 5.41) is 10.9. The number of nitro groups is 1. The molecule has 0 spiro atoms. The first-order valence-electron chi connectivity index (χ1n) is 16.2. The molecule has 4 fully saturated rings. The molecule has 4 aliphatic carbocycles. The second kappa shape index (κ2) is 10.9. The van der Waals surface area contributed by atoms with Gasteiger partial charge in [0, 0.05) is 24.0 Å². The molecule has 8 heteroatoms. The average Bonchev–Trinajstić information content (AvgIpc) is 3.72. The second-order valence-electron chi connectivity index (χ2n) is 14.2. The lowest BCUT2D eigenvalue weighted by Crippen LogP contribution is -2.54. The molecule has 2 aromatic carbocycles. The molecular weight excluding hydrogens is 570 g/mol. The minimum absolute atomic E-state index is 0.0147. The van der Waals surface area contributed by atoms with Crippen molar-refractivity contribution in [2.45, 2.75) is 83.0 Å². The first-order chi connectivity index (χ1) is 21.5. The Morgan fingerprint density at radius 3 is 2.51 bits per heavy atom. The number of fused-ring (bicyclic) bond motifs is 7. The van der Waals surface area contributed by atoms with E-state index in [4.69, 9.17) is 9.47 Å². The zero-order chi connectivity index (χ0) is 31.6. The topological polar surface area (TPSA) is 116 Å². The van der Waals surface area contributed by atoms with Crippen molar-refractivity contribution in [3.63, 3.8) is 0 Å². The van der Waals surface area contributed by atoms with E-state index < -0.39 is 10.5 Å². The van der Waals surface area contributed by atoms with Crippen molar-refractivity contribution >= 4 is 29.3 Å². The number of epoxide rings is 1. The highest BCUT2D eigenvalue weighted by Gasteiger charge is 2.80. The van der Waals surface area contributed by atoms with Gasteiger partial charge >= 0.3 is 5.97 Å². The van der Waals surface area contributed by atoms with E-state index in [0.717, 1.165) is 44.9 Å². The molecule has 0 aromatic heterocycles. The molecule has 0 N–H and O–H groups in total. The lowest BCUT2D eigenvalue weighted by atomic mass is 9.47. The number of esters is 1. The number of nitrogens with zero attached hydrogens (tertiary/aromatic N) is 1. The third-order valence-corrected chi connectivity index (χ3v) is 12.1. The van der Waals surface area contributed by atoms with Gasteiger partial charge in [0.05, 0.1) is 23.0 Å². The highest BCUT2D eigenvalue weighted by molar-refractivity contribution is 6.10. The number of ketones is 2. The van der Waals surface area contributed by atoms with Gasteiger partial charge in [0.25, 0.3) is 5.69 Å². The number of non-ortho nitro benzene ring substituents is 1. The molecule has 5 aliphatic rings. The van der Waals surface area contributed by atoms with Crippen LogP contribution in [0.5, 0.6) is 0 Å². The Balaban J connectivity index is 1.02. The normalized spacial score (nSPS) is 36.1. The van der Waals surface area contributed by atoms with Crippen LogP contribution in [0.1, 0.15) is 81.1 Å². The van der Waals surface area contributed by atoms with Crippen molar-refractivity contribution in [1.29, 1.82) is 0 Å². The Morgan fingerprint density at radius 2 is 1.78 bits per heavy atom. The molecule has 8 atom stereocenters. The number of hydrogen-bond acceptors (Lipinski definition) is 7. The summed E-state index contributed by atoms with van der Waals surface area (Å²) in [5.74, 6) is 0.663. The summed E-state index contributed by atoms with van der Waals surface area (Å²) in [4.78, 5) is 49.8. The molecule has 1 saturated heterocycles. The van der Waals surface area contributed by atoms with Crippen LogP contribution < -0.4 is 0 Å². The van der Waals surface area contributed by atoms with Crippen LogP contribution in [0, 0.1) is 38.7 Å². The summed E-state index contributed by atoms with van der Waals surface area (Å²) in [5.41, 5.74) is 1.52. The van der Waals surface area contributed by atoms with E-state index in [-0.39, 0.29) is 52.7 Å². The molecule has 0 bridgehead atoms. The van der Waals surface area contributed by atoms with Crippen molar-refractivity contribution in [3.05, 3.63) is 93.6 Å². The smallest absolute Gasteiger partial charge is 0.338 e. The molecule has 1 aliphatic heterocycles. The Morgan fingerprint density at radius 1 is 1.02 bits per heavy atom. The van der Waals surface area contributed by atoms with E-state index in [0.29, 0.717) is 28.9 Å². The van der Waals surface area contributed by atoms with Gasteiger partial charge in [0.2, 0.25) is 0 Å². The third kappa shape index (κ3) is 4.80. The van der Waals surface area contributed by atoms with Crippen molar-refractivity contribution in [3.8, 4) is 0 Å². The largest absolute Gasteiger partial charge is 0.458 e. The maximum absolute atomic E-state index is 13.8. The van der Waals surface area contributed by atoms with Gasteiger partial charge in [-0.3, -0.25) is 19.7 Å². The molecular formula is C37H39NO7. The Hall–Kier alpha value is -3.91. The summed E-state index contributed by atoms with van der Waals surface area (Å²) in [6, 6.07) is 15.1. The summed E-state index contributed by atoms with van der Waals surface area (Å²) >= 11 is 0. The van der Waals surface area contributed by atoms with Gasteiger partial charge in [0.15, 0.2) is 17.2 Å². The number of Topliss-reactive ketones (excluding diaryl/α,β-unsaturated/α-hetero) is 1. The number of nitro benzene ring substituents is 1. The lowest BCUT2D eigenvalue weighted by molar-refractivity contribution is -0.384. The Kier molecular flexibility index (Phi) is 7.19. The van der Waals surface area contributed by atoms with Crippen LogP contribution in [0.25, 0.3) is 6.08 Å². The summed E-state index contributed by atoms with van der Waals surface area (Å²) < 4.78 is 12.2. The fourth-order valence-corrected chi connectivity index (χ4v) is 9.68. The zero-order valence-electron chi connectivity index (χ0n) is 25.8. The van der Waals surface area contributed by atoms with Crippen molar-refractivity contribution in [2.75, 3.05) is 0 Å². The highest BCUT2D eigenvalue weighted by Crippen LogP contribution is 2.73. The molecule has 45 heavy (non-hydrogen) atoms. The molecule has 8 nitrogen and oxygen atoms in total. The van der Waals surface area contributed by atoms with Gasteiger partial charge in [-0.25, -0.2) is 4.79 Å². The number of rotatable bonds is 8. The number of carbonyl (C=O) groups excluding carboxylic acids is 3. The summed E-state index contributed by atoms with van der Waals surface area (Å²) in [7, 11) is 0. The van der Waals surface area contributed by atoms with Crippen LogP contribution in [-0.2, 0) is 19.1 Å². The van der Waals surface area contributed by atoms with Crippen LogP contribution in [0.3, 0.4) is 0 Å². The lowest BCUT2D eigenvalue weighted by Gasteiger charge is -2.58. The van der Waals surface area contributed by atoms with Crippen LogP contribution in [-0.4, -0.2) is 40.3 Å². The fourth-order valence-electron chi connectivity index (χ4n) is 9.68. The van der Waals surface area contributed by atoms with Crippen molar-refractivity contribution in [1.82, 2.24) is 0 Å². The third-order valence-electron chi connectivity index (χ3n) is 12.1. The van der Waals surface area contributed by atoms with Gasteiger partial charge in [-0.15, -0.1) is 0 Å². The van der Waals surface area contributed by atoms with E-state index in [2.05, 4.69) is 19.9 Å². The van der Waals surface area contributed by atoms with Gasteiger partial charge < -0.3 is 9.47 Å². The number of ether oxygens (including phenoxy) is 2. The molecule has 0 unspecified atom stereocenters. The van der Waals surface area contributed by atoms with E-state index >= 15 is 0 Å². The number of hydrogen-bond donors (Lipinski definition) is 0. The highest BCUT2D eigenvalue weighted by atomic mass is 16.6. The van der Waals surface area contributed by atoms with Gasteiger partial charge in [-0.05, 0) is 97.6 Å².